The van der Waals surface area contributed by atoms with Crippen LogP contribution in [-0.2, 0) is 4.79 Å². The molecule has 0 rings (SSSR count). The maximum atomic E-state index is 10.9. The van der Waals surface area contributed by atoms with Crippen molar-refractivity contribution in [2.75, 3.05) is 0 Å². The second-order valence-electron chi connectivity index (χ2n) is 3.82. The molecule has 1 N–H and O–H groups in total. The van der Waals surface area contributed by atoms with E-state index in [1.54, 1.807) is 19.9 Å². The number of allylic oxidation sites excluding steroid dienone is 4. The Morgan fingerprint density at radius 3 is 2.00 bits per heavy atom. The highest BCUT2D eigenvalue weighted by molar-refractivity contribution is 5.78. The average Bonchev–Trinajstić information content (AvgIpc) is 2.27. The quantitative estimate of drug-likeness (QED) is 0.726. The number of aliphatic carboxylic acids is 1. The van der Waals surface area contributed by atoms with Gasteiger partial charge in [0.2, 0.25) is 0 Å². The largest absolute Gasteiger partial charge is 0.481 e. The van der Waals surface area contributed by atoms with Gasteiger partial charge < -0.3 is 5.11 Å². The SMILES string of the molecule is C=C(/C=C\C(C)=C/C)C(C)(C)C(=O)O.CC. The van der Waals surface area contributed by atoms with Gasteiger partial charge in [-0.3, -0.25) is 4.79 Å². The van der Waals surface area contributed by atoms with Gasteiger partial charge in [0.25, 0.3) is 0 Å². The molecule has 92 valence electrons. The first kappa shape index (κ1) is 17.1. The van der Waals surface area contributed by atoms with E-state index in [2.05, 4.69) is 6.58 Å². The van der Waals surface area contributed by atoms with Gasteiger partial charge in [0, 0.05) is 0 Å². The molecule has 0 atom stereocenters. The van der Waals surface area contributed by atoms with Crippen molar-refractivity contribution in [3.05, 3.63) is 36.0 Å². The van der Waals surface area contributed by atoms with E-state index in [4.69, 9.17) is 5.11 Å². The van der Waals surface area contributed by atoms with Crippen molar-refractivity contribution in [1.82, 2.24) is 0 Å². The Morgan fingerprint density at radius 1 is 1.25 bits per heavy atom. The van der Waals surface area contributed by atoms with Crippen molar-refractivity contribution in [2.45, 2.75) is 41.5 Å². The molecule has 0 fully saturated rings. The van der Waals surface area contributed by atoms with Crippen molar-refractivity contribution in [1.29, 1.82) is 0 Å². The molecule has 0 saturated carbocycles. The van der Waals surface area contributed by atoms with Crippen molar-refractivity contribution in [2.24, 2.45) is 5.41 Å². The van der Waals surface area contributed by atoms with E-state index in [9.17, 15) is 4.79 Å². The Morgan fingerprint density at radius 2 is 1.69 bits per heavy atom. The van der Waals surface area contributed by atoms with Crippen LogP contribution in [-0.4, -0.2) is 11.1 Å². The Labute approximate surface area is 99.4 Å². The first-order valence-electron chi connectivity index (χ1n) is 5.56. The smallest absolute Gasteiger partial charge is 0.313 e. The number of carboxylic acids is 1. The van der Waals surface area contributed by atoms with Gasteiger partial charge >= 0.3 is 5.97 Å². The Bertz CT molecular complexity index is 294. The average molecular weight is 224 g/mol. The van der Waals surface area contributed by atoms with E-state index < -0.39 is 11.4 Å². The van der Waals surface area contributed by atoms with Gasteiger partial charge in [-0.15, -0.1) is 0 Å². The minimum atomic E-state index is -0.898. The first-order chi connectivity index (χ1) is 7.32. The van der Waals surface area contributed by atoms with Crippen LogP contribution >= 0.6 is 0 Å². The zero-order valence-electron chi connectivity index (χ0n) is 11.3. The van der Waals surface area contributed by atoms with Gasteiger partial charge in [-0.25, -0.2) is 0 Å². The normalized spacial score (nSPS) is 12.0. The maximum absolute atomic E-state index is 10.9. The molecule has 2 heteroatoms. The minimum Gasteiger partial charge on any atom is -0.481 e. The Balaban J connectivity index is 0. The molecule has 0 unspecified atom stereocenters. The second-order valence-corrected chi connectivity index (χ2v) is 3.82. The molecule has 16 heavy (non-hydrogen) atoms. The summed E-state index contributed by atoms with van der Waals surface area (Å²) in [6.45, 7) is 14.9. The lowest BCUT2D eigenvalue weighted by Gasteiger charge is -2.19. The molecule has 0 spiro atoms. The van der Waals surface area contributed by atoms with Crippen LogP contribution in [0.3, 0.4) is 0 Å². The Hall–Kier alpha value is -1.31. The topological polar surface area (TPSA) is 37.3 Å². The summed E-state index contributed by atoms with van der Waals surface area (Å²) in [5.74, 6) is -0.856. The fraction of sp³-hybridized carbons (Fsp3) is 0.500. The highest BCUT2D eigenvalue weighted by atomic mass is 16.4. The number of hydrogen-bond donors (Lipinski definition) is 1. The molecule has 0 bridgehead atoms. The van der Waals surface area contributed by atoms with E-state index in [0.29, 0.717) is 5.57 Å². The Kier molecular flexibility index (Phi) is 8.46. The molecule has 0 aromatic rings. The molecule has 0 amide bonds. The molecule has 0 aromatic carbocycles. The fourth-order valence-corrected chi connectivity index (χ4v) is 0.674. The lowest BCUT2D eigenvalue weighted by atomic mass is 9.85. The lowest BCUT2D eigenvalue weighted by molar-refractivity contribution is -0.144. The maximum Gasteiger partial charge on any atom is 0.313 e. The zero-order chi connectivity index (χ0) is 13.4. The van der Waals surface area contributed by atoms with Crippen molar-refractivity contribution < 1.29 is 9.90 Å². The molecule has 0 aromatic heterocycles. The highest BCUT2D eigenvalue weighted by Gasteiger charge is 2.28. The molecule has 0 aliphatic heterocycles. The van der Waals surface area contributed by atoms with Gasteiger partial charge in [-0.2, -0.15) is 0 Å². The summed E-state index contributed by atoms with van der Waals surface area (Å²) in [7, 11) is 0. The summed E-state index contributed by atoms with van der Waals surface area (Å²) in [5.41, 5.74) is 0.795. The minimum absolute atomic E-state index is 0.603. The van der Waals surface area contributed by atoms with Gasteiger partial charge in [0.05, 0.1) is 5.41 Å². The molecule has 0 heterocycles. The predicted molar refractivity (Wildman–Crippen MR) is 70.5 cm³/mol. The molecular formula is C14H24O2. The standard InChI is InChI=1S/C12H18O2.C2H6/c1-6-9(2)7-8-10(3)12(4,5)11(13)14;1-2/h6-8H,3H2,1-2,4-5H3,(H,13,14);1-2H3/b8-7-,9-6-;. The van der Waals surface area contributed by atoms with Crippen LogP contribution in [0.1, 0.15) is 41.5 Å². The van der Waals surface area contributed by atoms with Crippen LogP contribution in [0.15, 0.2) is 36.0 Å². The van der Waals surface area contributed by atoms with Crippen molar-refractivity contribution >= 4 is 5.97 Å². The summed E-state index contributed by atoms with van der Waals surface area (Å²) in [4.78, 5) is 10.9. The summed E-state index contributed by atoms with van der Waals surface area (Å²) in [5, 5.41) is 8.92. The molecule has 2 nitrogen and oxygen atoms in total. The van der Waals surface area contributed by atoms with E-state index in [-0.39, 0.29) is 0 Å². The fourth-order valence-electron chi connectivity index (χ4n) is 0.674. The van der Waals surface area contributed by atoms with Crippen LogP contribution in [0, 0.1) is 5.41 Å². The van der Waals surface area contributed by atoms with Gasteiger partial charge in [-0.1, -0.05) is 44.2 Å². The van der Waals surface area contributed by atoms with E-state index in [1.165, 1.54) is 0 Å². The van der Waals surface area contributed by atoms with Gasteiger partial charge in [0.15, 0.2) is 0 Å². The molecular weight excluding hydrogens is 200 g/mol. The predicted octanol–water partition coefficient (Wildman–Crippen LogP) is 4.20. The van der Waals surface area contributed by atoms with Crippen molar-refractivity contribution in [3.63, 3.8) is 0 Å². The van der Waals surface area contributed by atoms with E-state index >= 15 is 0 Å². The molecule has 0 radical (unpaired) electrons. The monoisotopic (exact) mass is 224 g/mol. The number of carboxylic acid groups (broad SMARTS) is 1. The number of carbonyl (C=O) groups is 1. The van der Waals surface area contributed by atoms with Crippen LogP contribution in [0.5, 0.6) is 0 Å². The molecule has 0 aliphatic carbocycles. The summed E-state index contributed by atoms with van der Waals surface area (Å²) in [6.07, 6.45) is 5.58. The van der Waals surface area contributed by atoms with E-state index in [1.807, 2.05) is 39.8 Å². The first-order valence-corrected chi connectivity index (χ1v) is 5.56. The van der Waals surface area contributed by atoms with Crippen LogP contribution in [0.4, 0.5) is 0 Å². The molecule has 0 aliphatic rings. The number of rotatable bonds is 4. The van der Waals surface area contributed by atoms with Gasteiger partial charge in [-0.05, 0) is 33.3 Å². The summed E-state index contributed by atoms with van der Waals surface area (Å²) in [6, 6.07) is 0. The second kappa shape index (κ2) is 7.91. The van der Waals surface area contributed by atoms with Crippen molar-refractivity contribution in [3.8, 4) is 0 Å². The third-order valence-electron chi connectivity index (χ3n) is 2.34. The van der Waals surface area contributed by atoms with Crippen LogP contribution in [0.25, 0.3) is 0 Å². The third kappa shape index (κ3) is 5.54. The number of hydrogen-bond acceptors (Lipinski definition) is 1. The highest BCUT2D eigenvalue weighted by Crippen LogP contribution is 2.26. The van der Waals surface area contributed by atoms with Crippen LogP contribution in [0.2, 0.25) is 0 Å². The third-order valence-corrected chi connectivity index (χ3v) is 2.34. The summed E-state index contributed by atoms with van der Waals surface area (Å²) < 4.78 is 0. The summed E-state index contributed by atoms with van der Waals surface area (Å²) >= 11 is 0. The zero-order valence-corrected chi connectivity index (χ0v) is 11.3. The molecule has 0 saturated heterocycles. The van der Waals surface area contributed by atoms with E-state index in [0.717, 1.165) is 5.57 Å². The van der Waals surface area contributed by atoms with Crippen LogP contribution < -0.4 is 0 Å². The lowest BCUT2D eigenvalue weighted by Crippen LogP contribution is -2.24. The van der Waals surface area contributed by atoms with Gasteiger partial charge in [0.1, 0.15) is 0 Å².